The number of nitrogens with two attached hydrogens (primary N) is 1. The fraction of sp³-hybridized carbons (Fsp3) is 0. The van der Waals surface area contributed by atoms with Gasteiger partial charge in [0.2, 0.25) is 5.88 Å². The Hall–Kier alpha value is -3.13. The number of para-hydroxylation sites is 1. The van der Waals surface area contributed by atoms with Gasteiger partial charge in [-0.05, 0) is 30.3 Å². The molecule has 0 atom stereocenters. The van der Waals surface area contributed by atoms with E-state index in [-0.39, 0.29) is 0 Å². The number of aromatic nitrogens is 2. The molecule has 0 aliphatic heterocycles. The highest BCUT2D eigenvalue weighted by Crippen LogP contribution is 2.30. The quantitative estimate of drug-likeness (QED) is 0.718. The van der Waals surface area contributed by atoms with Crippen molar-refractivity contribution in [1.29, 1.82) is 5.26 Å². The summed E-state index contributed by atoms with van der Waals surface area (Å²) in [6.45, 7) is 0. The molecule has 0 bridgehead atoms. The van der Waals surface area contributed by atoms with Gasteiger partial charge in [0, 0.05) is 0 Å². The summed E-state index contributed by atoms with van der Waals surface area (Å²) >= 11 is 0. The van der Waals surface area contributed by atoms with Crippen LogP contribution in [0.15, 0.2) is 48.8 Å². The van der Waals surface area contributed by atoms with E-state index < -0.39 is 0 Å². The Balaban J connectivity index is 2.04. The highest BCUT2D eigenvalue weighted by molar-refractivity contribution is 5.83. The Bertz CT molecular complexity index is 818. The van der Waals surface area contributed by atoms with Crippen LogP contribution < -0.4 is 10.5 Å². The summed E-state index contributed by atoms with van der Waals surface area (Å²) in [4.78, 5) is 8.30. The highest BCUT2D eigenvalue weighted by atomic mass is 16.5. The van der Waals surface area contributed by atoms with Gasteiger partial charge in [0.1, 0.15) is 6.33 Å². The smallest absolute Gasteiger partial charge is 0.230 e. The zero-order chi connectivity index (χ0) is 13.9. The number of anilines is 1. The Kier molecular flexibility index (Phi) is 2.90. The summed E-state index contributed by atoms with van der Waals surface area (Å²) < 4.78 is 5.74. The first-order valence-electron chi connectivity index (χ1n) is 5.95. The molecule has 1 heterocycles. The molecule has 5 nitrogen and oxygen atoms in total. The lowest BCUT2D eigenvalue weighted by molar-refractivity contribution is 0.470. The molecule has 2 N–H and O–H groups in total. The fourth-order valence-corrected chi connectivity index (χ4v) is 1.88. The van der Waals surface area contributed by atoms with Gasteiger partial charge in [-0.2, -0.15) is 5.26 Å². The number of nitriles is 1. The maximum absolute atomic E-state index is 8.82. The lowest BCUT2D eigenvalue weighted by atomic mass is 10.2. The molecule has 0 unspecified atom stereocenters. The summed E-state index contributed by atoms with van der Waals surface area (Å²) in [5, 5.41) is 9.62. The van der Waals surface area contributed by atoms with E-state index in [9.17, 15) is 0 Å². The third-order valence-electron chi connectivity index (χ3n) is 2.85. The van der Waals surface area contributed by atoms with E-state index in [1.807, 2.05) is 30.3 Å². The lowest BCUT2D eigenvalue weighted by Gasteiger charge is -2.09. The molecule has 0 spiro atoms. The van der Waals surface area contributed by atoms with E-state index in [0.717, 1.165) is 10.9 Å². The molecule has 3 aromatic rings. The number of nitrogen functional groups attached to an aromatic ring is 1. The van der Waals surface area contributed by atoms with Gasteiger partial charge in [0.25, 0.3) is 0 Å². The molecule has 20 heavy (non-hydrogen) atoms. The monoisotopic (exact) mass is 262 g/mol. The van der Waals surface area contributed by atoms with Crippen LogP contribution in [0.3, 0.4) is 0 Å². The first kappa shape index (κ1) is 11.9. The first-order valence-corrected chi connectivity index (χ1v) is 5.95. The SMILES string of the molecule is N#Cc1ccc(Oc2ncnc3ccccc23)c(N)c1. The summed E-state index contributed by atoms with van der Waals surface area (Å²) in [5.74, 6) is 0.903. The van der Waals surface area contributed by atoms with Crippen LogP contribution in [-0.4, -0.2) is 9.97 Å². The fourth-order valence-electron chi connectivity index (χ4n) is 1.88. The molecule has 96 valence electrons. The van der Waals surface area contributed by atoms with Crippen molar-refractivity contribution >= 4 is 16.6 Å². The predicted molar refractivity (Wildman–Crippen MR) is 75.2 cm³/mol. The number of ether oxygens (including phenoxy) is 1. The van der Waals surface area contributed by atoms with Crippen molar-refractivity contribution in [2.75, 3.05) is 5.73 Å². The van der Waals surface area contributed by atoms with E-state index in [2.05, 4.69) is 9.97 Å². The molecule has 1 aromatic heterocycles. The van der Waals surface area contributed by atoms with Crippen molar-refractivity contribution in [3.8, 4) is 17.7 Å². The largest absolute Gasteiger partial charge is 0.436 e. The summed E-state index contributed by atoms with van der Waals surface area (Å²) in [6.07, 6.45) is 1.44. The van der Waals surface area contributed by atoms with Gasteiger partial charge in [-0.1, -0.05) is 12.1 Å². The van der Waals surface area contributed by atoms with Gasteiger partial charge in [0.15, 0.2) is 5.75 Å². The first-order chi connectivity index (χ1) is 9.78. The highest BCUT2D eigenvalue weighted by Gasteiger charge is 2.08. The standard InChI is InChI=1S/C15H10N4O/c16-8-10-5-6-14(12(17)7-10)20-15-11-3-1-2-4-13(11)18-9-19-15/h1-7,9H,17H2. The van der Waals surface area contributed by atoms with Gasteiger partial charge in [-0.25, -0.2) is 9.97 Å². The molecule has 0 aliphatic carbocycles. The Morgan fingerprint density at radius 3 is 2.75 bits per heavy atom. The van der Waals surface area contributed by atoms with Crippen LogP contribution in [0.2, 0.25) is 0 Å². The third kappa shape index (κ3) is 2.10. The lowest BCUT2D eigenvalue weighted by Crippen LogP contribution is -1.95. The number of nitrogens with zero attached hydrogens (tertiary/aromatic N) is 3. The molecule has 0 saturated carbocycles. The summed E-state index contributed by atoms with van der Waals surface area (Å²) in [5.41, 5.74) is 7.55. The minimum absolute atomic E-state index is 0.395. The van der Waals surface area contributed by atoms with E-state index in [0.29, 0.717) is 22.9 Å². The minimum atomic E-state index is 0.395. The van der Waals surface area contributed by atoms with Crippen molar-refractivity contribution in [2.24, 2.45) is 0 Å². The van der Waals surface area contributed by atoms with Crippen LogP contribution in [0.25, 0.3) is 10.9 Å². The van der Waals surface area contributed by atoms with Crippen LogP contribution in [-0.2, 0) is 0 Å². The van der Waals surface area contributed by atoms with Crippen LogP contribution in [0.5, 0.6) is 11.6 Å². The maximum Gasteiger partial charge on any atom is 0.230 e. The molecule has 0 amide bonds. The summed E-state index contributed by atoms with van der Waals surface area (Å²) in [6, 6.07) is 14.4. The second-order valence-electron chi connectivity index (χ2n) is 4.16. The van der Waals surface area contributed by atoms with Crippen molar-refractivity contribution in [3.05, 3.63) is 54.4 Å². The predicted octanol–water partition coefficient (Wildman–Crippen LogP) is 2.88. The average Bonchev–Trinajstić information content (AvgIpc) is 2.49. The van der Waals surface area contributed by atoms with Crippen molar-refractivity contribution in [3.63, 3.8) is 0 Å². The number of hydrogen-bond acceptors (Lipinski definition) is 5. The molecule has 0 saturated heterocycles. The van der Waals surface area contributed by atoms with E-state index in [4.69, 9.17) is 15.7 Å². The Morgan fingerprint density at radius 1 is 1.10 bits per heavy atom. The molecule has 0 fully saturated rings. The van der Waals surface area contributed by atoms with Crippen molar-refractivity contribution < 1.29 is 4.74 Å². The van der Waals surface area contributed by atoms with Gasteiger partial charge in [-0.15, -0.1) is 0 Å². The van der Waals surface area contributed by atoms with Gasteiger partial charge in [-0.3, -0.25) is 0 Å². The number of hydrogen-bond donors (Lipinski definition) is 1. The van der Waals surface area contributed by atoms with Gasteiger partial charge >= 0.3 is 0 Å². The molecule has 2 aromatic carbocycles. The van der Waals surface area contributed by atoms with Gasteiger partial charge < -0.3 is 10.5 Å². The normalized spacial score (nSPS) is 10.2. The number of fused-ring (bicyclic) bond motifs is 1. The zero-order valence-corrected chi connectivity index (χ0v) is 10.4. The Labute approximate surface area is 115 Å². The Morgan fingerprint density at radius 2 is 1.95 bits per heavy atom. The van der Waals surface area contributed by atoms with Crippen LogP contribution in [0.1, 0.15) is 5.56 Å². The van der Waals surface area contributed by atoms with Crippen molar-refractivity contribution in [2.45, 2.75) is 0 Å². The van der Waals surface area contributed by atoms with E-state index in [1.54, 1.807) is 18.2 Å². The number of benzene rings is 2. The molecule has 0 radical (unpaired) electrons. The second kappa shape index (κ2) is 4.86. The van der Waals surface area contributed by atoms with Crippen molar-refractivity contribution in [1.82, 2.24) is 9.97 Å². The van der Waals surface area contributed by atoms with Crippen LogP contribution in [0.4, 0.5) is 5.69 Å². The molecular formula is C15H10N4O. The van der Waals surface area contributed by atoms with Gasteiger partial charge in [0.05, 0.1) is 28.2 Å². The van der Waals surface area contributed by atoms with E-state index in [1.165, 1.54) is 6.33 Å². The average molecular weight is 262 g/mol. The van der Waals surface area contributed by atoms with Crippen LogP contribution >= 0.6 is 0 Å². The molecule has 0 aliphatic rings. The topological polar surface area (TPSA) is 84.8 Å². The second-order valence-corrected chi connectivity index (χ2v) is 4.16. The molecule has 3 rings (SSSR count). The maximum atomic E-state index is 8.82. The van der Waals surface area contributed by atoms with Crippen LogP contribution in [0, 0.1) is 11.3 Å². The van der Waals surface area contributed by atoms with E-state index >= 15 is 0 Å². The molecule has 5 heteroatoms. The zero-order valence-electron chi connectivity index (χ0n) is 10.4. The third-order valence-corrected chi connectivity index (χ3v) is 2.85. The minimum Gasteiger partial charge on any atom is -0.436 e. The molecular weight excluding hydrogens is 252 g/mol. The number of rotatable bonds is 2. The summed E-state index contributed by atoms with van der Waals surface area (Å²) in [7, 11) is 0.